The van der Waals surface area contributed by atoms with Gasteiger partial charge in [0.25, 0.3) is 0 Å². The number of carbonyl (C=O) groups excluding carboxylic acids is 1. The summed E-state index contributed by atoms with van der Waals surface area (Å²) in [6.45, 7) is 8.35. The van der Waals surface area contributed by atoms with Crippen molar-refractivity contribution in [2.24, 2.45) is 10.9 Å². The SMILES string of the molecule is CC(C)c1cccc(C(=O)Nc2cc(C=NCCC(C)(C)O)c(N)cc2OCC2CC2)[n+]1O. The molecule has 0 atom stereocenters. The number of aliphatic imine (C=N–C) groups is 1. The molecule has 2 aromatic rings. The van der Waals surface area contributed by atoms with Crippen LogP contribution < -0.4 is 20.5 Å². The maximum absolute atomic E-state index is 13.0. The zero-order valence-electron chi connectivity index (χ0n) is 19.8. The molecule has 1 aromatic heterocycles. The summed E-state index contributed by atoms with van der Waals surface area (Å²) >= 11 is 0. The molecule has 8 heteroatoms. The lowest BCUT2D eigenvalue weighted by molar-refractivity contribution is -0.911. The van der Waals surface area contributed by atoms with E-state index in [1.54, 1.807) is 50.4 Å². The molecule has 33 heavy (non-hydrogen) atoms. The number of nitrogen functional groups attached to an aromatic ring is 1. The average molecular weight is 456 g/mol. The molecule has 3 rings (SSSR count). The van der Waals surface area contributed by atoms with E-state index in [1.165, 1.54) is 0 Å². The first-order valence-electron chi connectivity index (χ1n) is 11.4. The molecule has 1 aliphatic carbocycles. The first-order chi connectivity index (χ1) is 15.5. The van der Waals surface area contributed by atoms with E-state index in [2.05, 4.69) is 10.3 Å². The summed E-state index contributed by atoms with van der Waals surface area (Å²) in [4.78, 5) is 17.4. The molecular formula is C25H35N4O4+. The van der Waals surface area contributed by atoms with Gasteiger partial charge in [0.15, 0.2) is 0 Å². The molecule has 178 valence electrons. The highest BCUT2D eigenvalue weighted by molar-refractivity contribution is 6.04. The molecule has 0 saturated heterocycles. The van der Waals surface area contributed by atoms with E-state index in [4.69, 9.17) is 10.5 Å². The third kappa shape index (κ3) is 6.92. The number of hydrogen-bond acceptors (Lipinski definition) is 6. The van der Waals surface area contributed by atoms with Gasteiger partial charge in [-0.2, -0.15) is 0 Å². The Morgan fingerprint density at radius 1 is 1.36 bits per heavy atom. The smallest absolute Gasteiger partial charge is 0.325 e. The number of amides is 1. The van der Waals surface area contributed by atoms with Gasteiger partial charge in [0.05, 0.1) is 17.9 Å². The van der Waals surface area contributed by atoms with Crippen LogP contribution in [-0.4, -0.2) is 41.2 Å². The number of nitrogens with zero attached hydrogens (tertiary/aromatic N) is 2. The molecular weight excluding hydrogens is 420 g/mol. The molecule has 0 bridgehead atoms. The normalized spacial score (nSPS) is 14.1. The van der Waals surface area contributed by atoms with Crippen molar-refractivity contribution in [2.45, 2.75) is 58.5 Å². The number of nitrogens with two attached hydrogens (primary N) is 1. The molecule has 0 spiro atoms. The number of rotatable bonds is 10. The monoisotopic (exact) mass is 455 g/mol. The lowest BCUT2D eigenvalue weighted by Gasteiger charge is -2.15. The average Bonchev–Trinajstić information content (AvgIpc) is 3.55. The van der Waals surface area contributed by atoms with Crippen molar-refractivity contribution in [3.05, 3.63) is 47.3 Å². The van der Waals surface area contributed by atoms with Crippen molar-refractivity contribution < 1.29 is 24.6 Å². The minimum absolute atomic E-state index is 0.0448. The van der Waals surface area contributed by atoms with Crippen molar-refractivity contribution in [3.8, 4) is 5.75 Å². The van der Waals surface area contributed by atoms with E-state index in [-0.39, 0.29) is 11.6 Å². The van der Waals surface area contributed by atoms with Crippen LogP contribution in [0, 0.1) is 5.92 Å². The molecule has 0 aliphatic heterocycles. The fourth-order valence-electron chi connectivity index (χ4n) is 3.25. The van der Waals surface area contributed by atoms with Crippen LogP contribution in [0.25, 0.3) is 0 Å². The van der Waals surface area contributed by atoms with Gasteiger partial charge in [-0.25, -0.2) is 0 Å². The standard InChI is InChI=1S/C25H34N4O4/c1-16(2)21-6-5-7-22(29(21)32)24(30)28-20-12-18(14-27-11-10-25(3,4)31)19(26)13-23(20)33-15-17-8-9-17/h5-7,12-14,16-17,26,30-32H,8-11,15H2,1-4H3/p+1. The summed E-state index contributed by atoms with van der Waals surface area (Å²) in [6, 6.07) is 8.48. The number of nitrogens with one attached hydrogen (secondary N) is 1. The third-order valence-corrected chi connectivity index (χ3v) is 5.51. The highest BCUT2D eigenvalue weighted by Crippen LogP contribution is 2.34. The van der Waals surface area contributed by atoms with E-state index < -0.39 is 11.5 Å². The predicted molar refractivity (Wildman–Crippen MR) is 128 cm³/mol. The highest BCUT2D eigenvalue weighted by Gasteiger charge is 2.27. The number of aromatic nitrogens is 1. The highest BCUT2D eigenvalue weighted by atomic mass is 16.5. The first kappa shape index (κ1) is 24.5. The summed E-state index contributed by atoms with van der Waals surface area (Å²) in [5, 5.41) is 23.2. The van der Waals surface area contributed by atoms with Crippen molar-refractivity contribution in [1.29, 1.82) is 0 Å². The Kier molecular flexibility index (Phi) is 7.58. The fourth-order valence-corrected chi connectivity index (χ4v) is 3.25. The van der Waals surface area contributed by atoms with Gasteiger partial charge in [-0.05, 0) is 51.2 Å². The maximum Gasteiger partial charge on any atom is 0.325 e. The largest absolute Gasteiger partial charge is 0.491 e. The molecule has 1 fully saturated rings. The predicted octanol–water partition coefficient (Wildman–Crippen LogP) is 3.54. The molecule has 5 N–H and O–H groups in total. The van der Waals surface area contributed by atoms with Crippen LogP contribution in [0.4, 0.5) is 11.4 Å². The first-order valence-corrected chi connectivity index (χ1v) is 11.4. The van der Waals surface area contributed by atoms with Crippen molar-refractivity contribution in [3.63, 3.8) is 0 Å². The molecule has 1 aliphatic rings. The molecule has 8 nitrogen and oxygen atoms in total. The van der Waals surface area contributed by atoms with Crippen LogP contribution in [0.5, 0.6) is 5.75 Å². The van der Waals surface area contributed by atoms with E-state index in [1.807, 2.05) is 13.8 Å². The van der Waals surface area contributed by atoms with Gasteiger partial charge in [0.1, 0.15) is 5.75 Å². The molecule has 1 aromatic carbocycles. The number of benzene rings is 1. The number of ether oxygens (including phenoxy) is 1. The zero-order valence-corrected chi connectivity index (χ0v) is 19.8. The van der Waals surface area contributed by atoms with E-state index in [9.17, 15) is 15.1 Å². The van der Waals surface area contributed by atoms with Gasteiger partial charge < -0.3 is 20.9 Å². The van der Waals surface area contributed by atoms with E-state index in [0.717, 1.165) is 17.6 Å². The Bertz CT molecular complexity index is 1020. The Balaban J connectivity index is 1.86. The van der Waals surface area contributed by atoms with Gasteiger partial charge in [0, 0.05) is 52.9 Å². The third-order valence-electron chi connectivity index (χ3n) is 5.51. The molecule has 1 heterocycles. The summed E-state index contributed by atoms with van der Waals surface area (Å²) in [5.41, 5.74) is 7.73. The van der Waals surface area contributed by atoms with E-state index in [0.29, 0.717) is 53.9 Å². The van der Waals surface area contributed by atoms with Crippen molar-refractivity contribution >= 4 is 23.5 Å². The molecule has 0 unspecified atom stereocenters. The van der Waals surface area contributed by atoms with Gasteiger partial charge in [-0.15, -0.1) is 0 Å². The quantitative estimate of drug-likeness (QED) is 0.189. The topological polar surface area (TPSA) is 121 Å². The lowest BCUT2D eigenvalue weighted by Crippen LogP contribution is -2.43. The van der Waals surface area contributed by atoms with Gasteiger partial charge in [-0.3, -0.25) is 15.0 Å². The van der Waals surface area contributed by atoms with Gasteiger partial charge >= 0.3 is 11.6 Å². The number of aliphatic hydroxyl groups is 1. The minimum atomic E-state index is -0.799. The summed E-state index contributed by atoms with van der Waals surface area (Å²) in [7, 11) is 0. The van der Waals surface area contributed by atoms with Gasteiger partial charge in [0.2, 0.25) is 5.69 Å². The molecule has 0 radical (unpaired) electrons. The maximum atomic E-state index is 13.0. The Morgan fingerprint density at radius 2 is 2.09 bits per heavy atom. The van der Waals surface area contributed by atoms with Crippen LogP contribution in [-0.2, 0) is 0 Å². The number of pyridine rings is 1. The van der Waals surface area contributed by atoms with Crippen molar-refractivity contribution in [1.82, 2.24) is 0 Å². The van der Waals surface area contributed by atoms with Crippen LogP contribution in [0.3, 0.4) is 0 Å². The minimum Gasteiger partial charge on any atom is -0.491 e. The van der Waals surface area contributed by atoms with Crippen LogP contribution in [0.2, 0.25) is 0 Å². The Morgan fingerprint density at radius 3 is 2.73 bits per heavy atom. The number of carbonyl (C=O) groups is 1. The molecule has 1 amide bonds. The molecule has 1 saturated carbocycles. The summed E-state index contributed by atoms with van der Waals surface area (Å²) in [6.07, 6.45) is 4.41. The second-order valence-corrected chi connectivity index (χ2v) is 9.59. The summed E-state index contributed by atoms with van der Waals surface area (Å²) < 4.78 is 6.87. The second kappa shape index (κ2) is 10.2. The Hall–Kier alpha value is -3.13. The Labute approximate surface area is 195 Å². The fraction of sp³-hybridized carbons (Fsp3) is 0.480. The van der Waals surface area contributed by atoms with Crippen LogP contribution in [0.1, 0.15) is 74.6 Å². The van der Waals surface area contributed by atoms with E-state index >= 15 is 0 Å². The van der Waals surface area contributed by atoms with Gasteiger partial charge in [-0.1, -0.05) is 13.8 Å². The van der Waals surface area contributed by atoms with Crippen LogP contribution in [0.15, 0.2) is 35.3 Å². The lowest BCUT2D eigenvalue weighted by atomic mass is 10.1. The summed E-state index contributed by atoms with van der Waals surface area (Å²) in [5.74, 6) is 0.584. The van der Waals surface area contributed by atoms with Crippen LogP contribution >= 0.6 is 0 Å². The number of hydrogen-bond donors (Lipinski definition) is 4. The van der Waals surface area contributed by atoms with Crippen molar-refractivity contribution in [2.75, 3.05) is 24.2 Å². The zero-order chi connectivity index (χ0) is 24.2. The second-order valence-electron chi connectivity index (χ2n) is 9.59. The number of anilines is 2.